The van der Waals surface area contributed by atoms with Gasteiger partial charge in [0.25, 0.3) is 5.69 Å². The highest BCUT2D eigenvalue weighted by molar-refractivity contribution is 7.89. The Morgan fingerprint density at radius 2 is 2.07 bits per heavy atom. The van der Waals surface area contributed by atoms with E-state index in [1.807, 2.05) is 0 Å². The van der Waals surface area contributed by atoms with Crippen LogP contribution in [-0.2, 0) is 19.5 Å². The van der Waals surface area contributed by atoms with Crippen LogP contribution in [0.2, 0.25) is 0 Å². The van der Waals surface area contributed by atoms with Crippen molar-refractivity contribution in [1.82, 2.24) is 9.62 Å². The van der Waals surface area contributed by atoms with E-state index < -0.39 is 49.8 Å². The number of amides is 1. The van der Waals surface area contributed by atoms with E-state index in [0.29, 0.717) is 0 Å². The van der Waals surface area contributed by atoms with Crippen molar-refractivity contribution in [2.75, 3.05) is 21.0 Å². The maximum atomic E-state index is 12.9. The summed E-state index contributed by atoms with van der Waals surface area (Å²) in [4.78, 5) is 21.0. The van der Waals surface area contributed by atoms with E-state index in [2.05, 4.69) is 5.32 Å². The van der Waals surface area contributed by atoms with Crippen molar-refractivity contribution in [1.29, 1.82) is 0 Å². The molecule has 11 nitrogen and oxygen atoms in total. The van der Waals surface area contributed by atoms with Gasteiger partial charge in [-0.3, -0.25) is 10.1 Å². The van der Waals surface area contributed by atoms with Crippen LogP contribution in [0.4, 0.5) is 10.5 Å². The van der Waals surface area contributed by atoms with E-state index in [1.165, 1.54) is 32.4 Å². The number of carboxylic acid groups (broad SMARTS) is 1. The van der Waals surface area contributed by atoms with E-state index in [4.69, 9.17) is 14.6 Å². The Morgan fingerprint density at radius 1 is 1.41 bits per heavy atom. The van der Waals surface area contributed by atoms with Gasteiger partial charge in [0.2, 0.25) is 10.0 Å². The predicted molar refractivity (Wildman–Crippen MR) is 92.8 cm³/mol. The van der Waals surface area contributed by atoms with Crippen molar-refractivity contribution in [2.45, 2.75) is 35.9 Å². The lowest BCUT2D eigenvalue weighted by atomic mass is 10.2. The molecule has 0 heterocycles. The summed E-state index contributed by atoms with van der Waals surface area (Å²) in [6.45, 7) is -0.0736. The molecule has 1 fully saturated rings. The zero-order valence-electron chi connectivity index (χ0n) is 14.8. The average molecular weight is 403 g/mol. The first kappa shape index (κ1) is 21.0. The van der Waals surface area contributed by atoms with Crippen molar-refractivity contribution in [2.24, 2.45) is 0 Å². The number of nitrogens with zero attached hydrogens (tertiary/aromatic N) is 2. The molecule has 0 radical (unpaired) electrons. The van der Waals surface area contributed by atoms with Crippen LogP contribution in [0.25, 0.3) is 0 Å². The van der Waals surface area contributed by atoms with Crippen molar-refractivity contribution < 1.29 is 32.7 Å². The number of carbonyl (C=O) groups is 1. The number of nitro groups is 1. The molecule has 0 aliphatic heterocycles. The molecular formula is C15H21N3O8S. The van der Waals surface area contributed by atoms with Crippen molar-refractivity contribution in [3.05, 3.63) is 34.4 Å². The summed E-state index contributed by atoms with van der Waals surface area (Å²) in [5.41, 5.74) is -0.519. The lowest BCUT2D eigenvalue weighted by Crippen LogP contribution is -2.41. The van der Waals surface area contributed by atoms with Crippen LogP contribution >= 0.6 is 0 Å². The monoisotopic (exact) mass is 403 g/mol. The molecule has 1 aliphatic carbocycles. The number of sulfonamides is 1. The molecule has 1 aliphatic rings. The number of nitrogens with one attached hydrogen (secondary N) is 1. The summed E-state index contributed by atoms with van der Waals surface area (Å²) >= 11 is 0. The van der Waals surface area contributed by atoms with E-state index in [0.717, 1.165) is 10.4 Å². The molecule has 27 heavy (non-hydrogen) atoms. The Kier molecular flexibility index (Phi) is 6.70. The lowest BCUT2D eigenvalue weighted by Gasteiger charge is -2.23. The summed E-state index contributed by atoms with van der Waals surface area (Å²) < 4.78 is 37.1. The minimum absolute atomic E-state index is 0.0736. The van der Waals surface area contributed by atoms with Gasteiger partial charge in [0, 0.05) is 26.3 Å². The summed E-state index contributed by atoms with van der Waals surface area (Å²) in [5.74, 6) is 0. The standard InChI is InChI=1S/C15H21N3O8S/c1-17(27(23,24)14-6-4-3-5-12(14)18(21)22)10-7-11(16-15(19)20)13(8-10)26-9-25-2/h3-6,10-11,13,16H,7-9H2,1-2H3,(H,19,20)/t10-,11+,13-/m0/s1. The molecule has 2 rings (SSSR count). The van der Waals surface area contributed by atoms with E-state index >= 15 is 0 Å². The van der Waals surface area contributed by atoms with E-state index in [9.17, 15) is 23.3 Å². The molecule has 1 amide bonds. The Labute approximate surface area is 156 Å². The van der Waals surface area contributed by atoms with E-state index in [1.54, 1.807) is 0 Å². The zero-order valence-corrected chi connectivity index (χ0v) is 15.6. The average Bonchev–Trinajstić information content (AvgIpc) is 3.00. The number of hydrogen-bond donors (Lipinski definition) is 2. The molecule has 150 valence electrons. The Morgan fingerprint density at radius 3 is 2.67 bits per heavy atom. The fourth-order valence-electron chi connectivity index (χ4n) is 3.10. The molecule has 2 N–H and O–H groups in total. The van der Waals surface area contributed by atoms with Gasteiger partial charge in [0.1, 0.15) is 6.79 Å². The number of para-hydroxylation sites is 1. The molecule has 1 aromatic rings. The number of hydrogen-bond acceptors (Lipinski definition) is 7. The first-order valence-corrected chi connectivity index (χ1v) is 9.44. The maximum absolute atomic E-state index is 12.9. The van der Waals surface area contributed by atoms with Crippen LogP contribution in [-0.4, -0.2) is 68.0 Å². The minimum atomic E-state index is -4.16. The molecular weight excluding hydrogens is 382 g/mol. The van der Waals surface area contributed by atoms with Gasteiger partial charge in [-0.05, 0) is 18.9 Å². The number of benzene rings is 1. The quantitative estimate of drug-likeness (QED) is 0.371. The Balaban J connectivity index is 2.27. The fraction of sp³-hybridized carbons (Fsp3) is 0.533. The van der Waals surface area contributed by atoms with Gasteiger partial charge in [0.15, 0.2) is 4.90 Å². The SMILES string of the molecule is COCO[C@H]1C[C@@H](N(C)S(=O)(=O)c2ccccc2[N+](=O)[O-])C[C@H]1NC(=O)O. The van der Waals surface area contributed by atoms with Gasteiger partial charge in [-0.1, -0.05) is 12.1 Å². The summed E-state index contributed by atoms with van der Waals surface area (Å²) in [5, 5.41) is 22.5. The first-order valence-electron chi connectivity index (χ1n) is 8.00. The van der Waals surface area contributed by atoms with Crippen molar-refractivity contribution in [3.63, 3.8) is 0 Å². The molecule has 12 heteroatoms. The lowest BCUT2D eigenvalue weighted by molar-refractivity contribution is -0.387. The molecule has 0 saturated heterocycles. The highest BCUT2D eigenvalue weighted by Gasteiger charge is 2.42. The highest BCUT2D eigenvalue weighted by atomic mass is 32.2. The third-order valence-corrected chi connectivity index (χ3v) is 6.38. The van der Waals surface area contributed by atoms with Crippen LogP contribution in [0.5, 0.6) is 0 Å². The molecule has 3 atom stereocenters. The third kappa shape index (κ3) is 4.71. The largest absolute Gasteiger partial charge is 0.465 e. The Bertz CT molecular complexity index is 800. The number of nitro benzene ring substituents is 1. The molecule has 0 unspecified atom stereocenters. The predicted octanol–water partition coefficient (Wildman–Crippen LogP) is 1.00. The van der Waals surface area contributed by atoms with Crippen LogP contribution in [0.3, 0.4) is 0 Å². The second kappa shape index (κ2) is 8.61. The molecule has 1 aromatic carbocycles. The summed E-state index contributed by atoms with van der Waals surface area (Å²) in [7, 11) is -1.44. The second-order valence-corrected chi connectivity index (χ2v) is 8.00. The van der Waals surface area contributed by atoms with Gasteiger partial charge in [-0.2, -0.15) is 4.31 Å². The van der Waals surface area contributed by atoms with Crippen molar-refractivity contribution in [3.8, 4) is 0 Å². The third-order valence-electron chi connectivity index (χ3n) is 4.42. The van der Waals surface area contributed by atoms with E-state index in [-0.39, 0.29) is 19.6 Å². The smallest absolute Gasteiger partial charge is 0.404 e. The summed E-state index contributed by atoms with van der Waals surface area (Å²) in [6.07, 6.45) is -1.47. The molecule has 0 aromatic heterocycles. The van der Waals surface area contributed by atoms with Gasteiger partial charge in [0.05, 0.1) is 17.1 Å². The second-order valence-electron chi connectivity index (χ2n) is 6.04. The van der Waals surface area contributed by atoms with Gasteiger partial charge >= 0.3 is 6.09 Å². The number of ether oxygens (including phenoxy) is 2. The fourth-order valence-corrected chi connectivity index (χ4v) is 4.63. The molecule has 0 bridgehead atoms. The van der Waals surface area contributed by atoms with Crippen LogP contribution < -0.4 is 5.32 Å². The first-order chi connectivity index (χ1) is 12.7. The Hall–Kier alpha value is -2.28. The summed E-state index contributed by atoms with van der Waals surface area (Å²) in [6, 6.07) is 3.84. The minimum Gasteiger partial charge on any atom is -0.465 e. The number of methoxy groups -OCH3 is 1. The van der Waals surface area contributed by atoms with Crippen molar-refractivity contribution >= 4 is 21.8 Å². The van der Waals surface area contributed by atoms with Crippen LogP contribution in [0, 0.1) is 10.1 Å². The molecule has 1 saturated carbocycles. The van der Waals surface area contributed by atoms with Gasteiger partial charge in [-0.25, -0.2) is 13.2 Å². The zero-order chi connectivity index (χ0) is 20.2. The maximum Gasteiger partial charge on any atom is 0.404 e. The number of rotatable bonds is 8. The van der Waals surface area contributed by atoms with Crippen LogP contribution in [0.15, 0.2) is 29.2 Å². The highest BCUT2D eigenvalue weighted by Crippen LogP contribution is 2.32. The normalized spacial score (nSPS) is 22.7. The molecule has 0 spiro atoms. The van der Waals surface area contributed by atoms with Gasteiger partial charge < -0.3 is 19.9 Å². The topological polar surface area (TPSA) is 148 Å². The van der Waals surface area contributed by atoms with Gasteiger partial charge in [-0.15, -0.1) is 0 Å². The van der Waals surface area contributed by atoms with Crippen LogP contribution in [0.1, 0.15) is 12.8 Å².